The number of aryl methyl sites for hydroxylation is 1. The van der Waals surface area contributed by atoms with Crippen LogP contribution in [0.25, 0.3) is 22.1 Å². The van der Waals surface area contributed by atoms with E-state index in [4.69, 9.17) is 9.15 Å². The molecule has 1 N–H and O–H groups in total. The maximum Gasteiger partial charge on any atom is 0.336 e. The van der Waals surface area contributed by atoms with Crippen molar-refractivity contribution in [3.63, 3.8) is 0 Å². The maximum atomic E-state index is 12.8. The lowest BCUT2D eigenvalue weighted by Gasteiger charge is -2.32. The number of carboxylic acid groups (broad SMARTS) is 1. The number of hydrogen-bond donors (Lipinski definition) is 1. The molecule has 2 heterocycles. The molecule has 0 aliphatic carbocycles. The van der Waals surface area contributed by atoms with E-state index in [1.54, 1.807) is 24.0 Å². The molecule has 0 saturated carbocycles. The van der Waals surface area contributed by atoms with Crippen LogP contribution in [0.1, 0.15) is 25.3 Å². The normalized spacial score (nSPS) is 17.2. The van der Waals surface area contributed by atoms with Gasteiger partial charge in [0.2, 0.25) is 0 Å². The molecule has 2 unspecified atom stereocenters. The number of benzene rings is 2. The van der Waals surface area contributed by atoms with Gasteiger partial charge in [0.05, 0.1) is 5.92 Å². The van der Waals surface area contributed by atoms with Crippen LogP contribution in [0.2, 0.25) is 0 Å². The van der Waals surface area contributed by atoms with E-state index in [1.807, 2.05) is 37.3 Å². The van der Waals surface area contributed by atoms with Crippen molar-refractivity contribution < 1.29 is 23.8 Å². The summed E-state index contributed by atoms with van der Waals surface area (Å²) in [6.45, 7) is 4.32. The summed E-state index contributed by atoms with van der Waals surface area (Å²) in [6.07, 6.45) is 0.422. The van der Waals surface area contributed by atoms with E-state index in [2.05, 4.69) is 0 Å². The van der Waals surface area contributed by atoms with Crippen molar-refractivity contribution in [3.05, 3.63) is 64.5 Å². The molecule has 2 atom stereocenters. The number of carbonyl (C=O) groups is 2. The molecule has 1 aromatic heterocycles. The second-order valence-electron chi connectivity index (χ2n) is 8.17. The van der Waals surface area contributed by atoms with Crippen molar-refractivity contribution in [1.82, 2.24) is 4.90 Å². The van der Waals surface area contributed by atoms with E-state index >= 15 is 0 Å². The second-order valence-corrected chi connectivity index (χ2v) is 8.17. The highest BCUT2D eigenvalue weighted by atomic mass is 16.5. The van der Waals surface area contributed by atoms with Crippen LogP contribution in [0.15, 0.2) is 57.7 Å². The first-order valence-electron chi connectivity index (χ1n) is 10.7. The molecule has 3 aromatic rings. The lowest BCUT2D eigenvalue weighted by molar-refractivity contribution is -0.147. The van der Waals surface area contributed by atoms with Crippen LogP contribution in [0.4, 0.5) is 0 Å². The van der Waals surface area contributed by atoms with Gasteiger partial charge in [-0.25, -0.2) is 4.79 Å². The molecule has 2 aromatic carbocycles. The average Bonchev–Trinajstić information content (AvgIpc) is 2.78. The second kappa shape index (κ2) is 8.86. The van der Waals surface area contributed by atoms with Crippen molar-refractivity contribution in [2.24, 2.45) is 5.92 Å². The van der Waals surface area contributed by atoms with Crippen LogP contribution in [0, 0.1) is 12.8 Å². The molecule has 0 radical (unpaired) electrons. The first-order chi connectivity index (χ1) is 15.3. The third kappa shape index (κ3) is 4.37. The van der Waals surface area contributed by atoms with Crippen LogP contribution < -0.4 is 10.4 Å². The third-order valence-electron chi connectivity index (χ3n) is 5.89. The number of rotatable bonds is 5. The van der Waals surface area contributed by atoms with Crippen molar-refractivity contribution in [3.8, 4) is 16.9 Å². The summed E-state index contributed by atoms with van der Waals surface area (Å²) in [6, 6.07) is 14.4. The third-order valence-corrected chi connectivity index (χ3v) is 5.89. The lowest BCUT2D eigenvalue weighted by atomic mass is 9.98. The largest absolute Gasteiger partial charge is 0.481 e. The number of hydrogen-bond acceptors (Lipinski definition) is 5. The van der Waals surface area contributed by atoms with Gasteiger partial charge in [-0.2, -0.15) is 0 Å². The van der Waals surface area contributed by atoms with E-state index in [9.17, 15) is 19.5 Å². The van der Waals surface area contributed by atoms with Gasteiger partial charge < -0.3 is 19.2 Å². The summed E-state index contributed by atoms with van der Waals surface area (Å²) in [5, 5.41) is 10.0. The molecular weight excluding hydrogens is 410 g/mol. The Kier molecular flexibility index (Phi) is 5.99. The molecule has 4 rings (SSSR count). The molecular formula is C25H25NO6. The number of aliphatic carboxylic acids is 1. The fourth-order valence-corrected chi connectivity index (χ4v) is 4.20. The number of fused-ring (bicyclic) bond motifs is 1. The SMILES string of the molecule is Cc1ccccc1-c1cc(=O)oc2cc(OC(C)C(=O)N3CCCC(C(=O)O)C3)ccc12. The molecule has 1 saturated heterocycles. The van der Waals surface area contributed by atoms with Crippen molar-refractivity contribution >= 4 is 22.8 Å². The molecule has 1 fully saturated rings. The smallest absolute Gasteiger partial charge is 0.336 e. The summed E-state index contributed by atoms with van der Waals surface area (Å²) in [5.41, 5.74) is 2.67. The van der Waals surface area contributed by atoms with Gasteiger partial charge in [-0.1, -0.05) is 24.3 Å². The average molecular weight is 435 g/mol. The number of amides is 1. The predicted octanol–water partition coefficient (Wildman–Crippen LogP) is 3.86. The van der Waals surface area contributed by atoms with E-state index in [-0.39, 0.29) is 12.5 Å². The molecule has 1 aliphatic heterocycles. The van der Waals surface area contributed by atoms with Gasteiger partial charge in [-0.3, -0.25) is 9.59 Å². The zero-order chi connectivity index (χ0) is 22.8. The Morgan fingerprint density at radius 1 is 1.16 bits per heavy atom. The fraction of sp³-hybridized carbons (Fsp3) is 0.320. The minimum atomic E-state index is -0.884. The van der Waals surface area contributed by atoms with Crippen molar-refractivity contribution in [2.75, 3.05) is 13.1 Å². The molecule has 0 bridgehead atoms. The minimum absolute atomic E-state index is 0.189. The zero-order valence-corrected chi connectivity index (χ0v) is 18.0. The highest BCUT2D eigenvalue weighted by molar-refractivity contribution is 5.94. The molecule has 7 nitrogen and oxygen atoms in total. The Labute approximate surface area is 185 Å². The van der Waals surface area contributed by atoms with Crippen LogP contribution in [-0.4, -0.2) is 41.1 Å². The molecule has 7 heteroatoms. The van der Waals surface area contributed by atoms with Crippen LogP contribution >= 0.6 is 0 Å². The van der Waals surface area contributed by atoms with E-state index < -0.39 is 23.6 Å². The summed E-state index contributed by atoms with van der Waals surface area (Å²) in [5.74, 6) is -1.29. The lowest BCUT2D eigenvalue weighted by Crippen LogP contribution is -2.47. The number of carbonyl (C=O) groups excluding carboxylic acids is 1. The van der Waals surface area contributed by atoms with E-state index in [1.165, 1.54) is 6.07 Å². The molecule has 1 amide bonds. The molecule has 0 spiro atoms. The molecule has 32 heavy (non-hydrogen) atoms. The van der Waals surface area contributed by atoms with Gasteiger partial charge >= 0.3 is 11.6 Å². The Bertz CT molecular complexity index is 1230. The Hall–Kier alpha value is -3.61. The van der Waals surface area contributed by atoms with Gasteiger partial charge in [0.1, 0.15) is 11.3 Å². The van der Waals surface area contributed by atoms with Crippen molar-refractivity contribution in [2.45, 2.75) is 32.8 Å². The van der Waals surface area contributed by atoms with Crippen LogP contribution in [0.3, 0.4) is 0 Å². The number of carboxylic acids is 1. The maximum absolute atomic E-state index is 12.8. The monoisotopic (exact) mass is 435 g/mol. The number of likely N-dealkylation sites (tertiary alicyclic amines) is 1. The van der Waals surface area contributed by atoms with Crippen LogP contribution in [0.5, 0.6) is 5.75 Å². The first-order valence-corrected chi connectivity index (χ1v) is 10.7. The summed E-state index contributed by atoms with van der Waals surface area (Å²) in [4.78, 5) is 37.8. The predicted molar refractivity (Wildman–Crippen MR) is 120 cm³/mol. The quantitative estimate of drug-likeness (QED) is 0.612. The number of piperidine rings is 1. The van der Waals surface area contributed by atoms with Gasteiger partial charge in [0.15, 0.2) is 6.10 Å². The van der Waals surface area contributed by atoms with E-state index in [0.717, 1.165) is 22.1 Å². The number of ether oxygens (including phenoxy) is 1. The molecule has 1 aliphatic rings. The highest BCUT2D eigenvalue weighted by Crippen LogP contribution is 2.31. The molecule has 166 valence electrons. The minimum Gasteiger partial charge on any atom is -0.481 e. The van der Waals surface area contributed by atoms with Gasteiger partial charge in [0.25, 0.3) is 5.91 Å². The van der Waals surface area contributed by atoms with Gasteiger partial charge in [-0.15, -0.1) is 0 Å². The Balaban J connectivity index is 1.58. The summed E-state index contributed by atoms with van der Waals surface area (Å²) >= 11 is 0. The summed E-state index contributed by atoms with van der Waals surface area (Å²) in [7, 11) is 0. The topological polar surface area (TPSA) is 97.0 Å². The van der Waals surface area contributed by atoms with Crippen molar-refractivity contribution in [1.29, 1.82) is 0 Å². The highest BCUT2D eigenvalue weighted by Gasteiger charge is 2.31. The van der Waals surface area contributed by atoms with Crippen LogP contribution in [-0.2, 0) is 9.59 Å². The number of nitrogens with zero attached hydrogens (tertiary/aromatic N) is 1. The standard InChI is InChI=1S/C25H25NO6/c1-15-6-3-4-8-19(15)21-13-23(27)32-22-12-18(9-10-20(21)22)31-16(2)24(28)26-11-5-7-17(14-26)25(29)30/h3-4,6,8-10,12-13,16-17H,5,7,11,14H2,1-2H3,(H,29,30). The Morgan fingerprint density at radius 2 is 1.94 bits per heavy atom. The summed E-state index contributed by atoms with van der Waals surface area (Å²) < 4.78 is 11.2. The Morgan fingerprint density at radius 3 is 2.69 bits per heavy atom. The van der Waals surface area contributed by atoms with E-state index in [0.29, 0.717) is 30.7 Å². The van der Waals surface area contributed by atoms with Gasteiger partial charge in [-0.05, 0) is 49.9 Å². The first kappa shape index (κ1) is 21.6. The fourth-order valence-electron chi connectivity index (χ4n) is 4.20. The van der Waals surface area contributed by atoms with Gasteiger partial charge in [0, 0.05) is 36.2 Å². The zero-order valence-electron chi connectivity index (χ0n) is 18.0.